The highest BCUT2D eigenvalue weighted by Gasteiger charge is 2.18. The predicted octanol–water partition coefficient (Wildman–Crippen LogP) is 2.79. The fourth-order valence-electron chi connectivity index (χ4n) is 3.65. The van der Waals surface area contributed by atoms with Gasteiger partial charge < -0.3 is 19.8 Å². The highest BCUT2D eigenvalue weighted by atomic mass is 32.2. The number of piperidine rings is 1. The standard InChI is InChI=1S/C23H32N4O4S/c24-21(28)18-32-15-12-27(23(29)20-6-4-13-30-20)11-5-14-31-22-16-19(7-8-25-22)17-26-9-2-1-3-10-26/h4,6-8,13,16H,1-3,5,9-12,14-15,17-18H2,(H2,24,28). The molecular weight excluding hydrogens is 428 g/mol. The SMILES string of the molecule is NC(=O)CSCCN(CCCOc1cc(CN2CCCCC2)ccn1)C(=O)c1ccco1. The summed E-state index contributed by atoms with van der Waals surface area (Å²) in [6, 6.07) is 7.38. The Labute approximate surface area is 193 Å². The van der Waals surface area contributed by atoms with Gasteiger partial charge in [-0.05, 0) is 56.1 Å². The minimum Gasteiger partial charge on any atom is -0.478 e. The fraction of sp³-hybridized carbons (Fsp3) is 0.522. The van der Waals surface area contributed by atoms with Crippen LogP contribution in [-0.4, -0.2) is 70.9 Å². The van der Waals surface area contributed by atoms with E-state index in [0.29, 0.717) is 43.5 Å². The van der Waals surface area contributed by atoms with E-state index >= 15 is 0 Å². The average Bonchev–Trinajstić information content (AvgIpc) is 3.33. The van der Waals surface area contributed by atoms with Crippen LogP contribution in [0.15, 0.2) is 41.1 Å². The highest BCUT2D eigenvalue weighted by molar-refractivity contribution is 7.99. The van der Waals surface area contributed by atoms with Crippen LogP contribution in [-0.2, 0) is 11.3 Å². The van der Waals surface area contributed by atoms with E-state index < -0.39 is 0 Å². The van der Waals surface area contributed by atoms with Crippen molar-refractivity contribution < 1.29 is 18.7 Å². The topological polar surface area (TPSA) is 102 Å². The molecule has 1 aliphatic heterocycles. The van der Waals surface area contributed by atoms with Crippen LogP contribution >= 0.6 is 11.8 Å². The first-order chi connectivity index (χ1) is 15.6. The van der Waals surface area contributed by atoms with Gasteiger partial charge in [-0.1, -0.05) is 6.42 Å². The van der Waals surface area contributed by atoms with Crippen molar-refractivity contribution in [3.05, 3.63) is 48.0 Å². The van der Waals surface area contributed by atoms with Crippen molar-refractivity contribution in [2.45, 2.75) is 32.2 Å². The van der Waals surface area contributed by atoms with Crippen molar-refractivity contribution in [1.29, 1.82) is 0 Å². The second-order valence-electron chi connectivity index (χ2n) is 7.83. The van der Waals surface area contributed by atoms with Gasteiger partial charge in [-0.3, -0.25) is 14.5 Å². The molecule has 32 heavy (non-hydrogen) atoms. The zero-order valence-corrected chi connectivity index (χ0v) is 19.2. The lowest BCUT2D eigenvalue weighted by molar-refractivity contribution is -0.115. The van der Waals surface area contributed by atoms with Crippen LogP contribution in [0.2, 0.25) is 0 Å². The van der Waals surface area contributed by atoms with Gasteiger partial charge in [-0.15, -0.1) is 0 Å². The largest absolute Gasteiger partial charge is 0.478 e. The second kappa shape index (κ2) is 13.1. The summed E-state index contributed by atoms with van der Waals surface area (Å²) in [5.74, 6) is 1.25. The smallest absolute Gasteiger partial charge is 0.289 e. The number of primary amides is 1. The van der Waals surface area contributed by atoms with Gasteiger partial charge in [0, 0.05) is 37.7 Å². The molecule has 0 radical (unpaired) electrons. The van der Waals surface area contributed by atoms with Crippen LogP contribution in [0, 0.1) is 0 Å². The van der Waals surface area contributed by atoms with Crippen LogP contribution in [0.4, 0.5) is 0 Å². The Balaban J connectivity index is 1.45. The van der Waals surface area contributed by atoms with E-state index in [0.717, 1.165) is 19.6 Å². The van der Waals surface area contributed by atoms with Crippen molar-refractivity contribution in [2.75, 3.05) is 44.3 Å². The Morgan fingerprint density at radius 2 is 2.06 bits per heavy atom. The number of pyridine rings is 1. The van der Waals surface area contributed by atoms with Crippen molar-refractivity contribution in [3.63, 3.8) is 0 Å². The van der Waals surface area contributed by atoms with Gasteiger partial charge >= 0.3 is 0 Å². The summed E-state index contributed by atoms with van der Waals surface area (Å²) in [7, 11) is 0. The summed E-state index contributed by atoms with van der Waals surface area (Å²) < 4.78 is 11.1. The number of likely N-dealkylation sites (tertiary alicyclic amines) is 1. The Bertz CT molecular complexity index is 840. The minimum atomic E-state index is -0.359. The third kappa shape index (κ3) is 8.20. The fourth-order valence-corrected chi connectivity index (χ4v) is 4.35. The molecule has 1 aliphatic rings. The number of ether oxygens (including phenoxy) is 1. The van der Waals surface area contributed by atoms with E-state index in [9.17, 15) is 9.59 Å². The van der Waals surface area contributed by atoms with Crippen molar-refractivity contribution in [1.82, 2.24) is 14.8 Å². The zero-order chi connectivity index (χ0) is 22.6. The number of rotatable bonds is 13. The van der Waals surface area contributed by atoms with Gasteiger partial charge in [0.05, 0.1) is 18.6 Å². The van der Waals surface area contributed by atoms with Gasteiger partial charge in [-0.25, -0.2) is 4.98 Å². The Morgan fingerprint density at radius 3 is 2.81 bits per heavy atom. The molecule has 3 heterocycles. The molecule has 2 aromatic rings. The summed E-state index contributed by atoms with van der Waals surface area (Å²) in [6.07, 6.45) is 7.79. The number of aromatic nitrogens is 1. The Morgan fingerprint density at radius 1 is 1.22 bits per heavy atom. The van der Waals surface area contributed by atoms with E-state index in [1.165, 1.54) is 42.9 Å². The first-order valence-corrected chi connectivity index (χ1v) is 12.3. The summed E-state index contributed by atoms with van der Waals surface area (Å²) in [5.41, 5.74) is 6.39. The number of nitrogens with two attached hydrogens (primary N) is 1. The molecule has 0 atom stereocenters. The molecule has 9 heteroatoms. The van der Waals surface area contributed by atoms with Crippen LogP contribution in [0.5, 0.6) is 5.88 Å². The lowest BCUT2D eigenvalue weighted by Gasteiger charge is -2.26. The van der Waals surface area contributed by atoms with Gasteiger partial charge in [0.2, 0.25) is 11.8 Å². The van der Waals surface area contributed by atoms with Crippen LogP contribution < -0.4 is 10.5 Å². The predicted molar refractivity (Wildman–Crippen MR) is 125 cm³/mol. The maximum atomic E-state index is 12.7. The van der Waals surface area contributed by atoms with Crippen molar-refractivity contribution in [2.24, 2.45) is 5.73 Å². The van der Waals surface area contributed by atoms with E-state index in [1.807, 2.05) is 12.1 Å². The zero-order valence-electron chi connectivity index (χ0n) is 18.4. The molecule has 1 fully saturated rings. The minimum absolute atomic E-state index is 0.170. The number of carbonyl (C=O) groups excluding carboxylic acids is 2. The number of carbonyl (C=O) groups is 2. The van der Waals surface area contributed by atoms with Gasteiger partial charge in [0.15, 0.2) is 5.76 Å². The maximum absolute atomic E-state index is 12.7. The molecular formula is C23H32N4O4S. The van der Waals surface area contributed by atoms with Crippen LogP contribution in [0.1, 0.15) is 41.8 Å². The number of thioether (sulfide) groups is 1. The normalized spacial score (nSPS) is 14.2. The molecule has 174 valence electrons. The summed E-state index contributed by atoms with van der Waals surface area (Å²) >= 11 is 1.41. The molecule has 2 amide bonds. The maximum Gasteiger partial charge on any atom is 0.289 e. The molecule has 2 aromatic heterocycles. The summed E-state index contributed by atoms with van der Waals surface area (Å²) in [4.78, 5) is 32.1. The van der Waals surface area contributed by atoms with Gasteiger partial charge in [-0.2, -0.15) is 11.8 Å². The first-order valence-electron chi connectivity index (χ1n) is 11.1. The highest BCUT2D eigenvalue weighted by Crippen LogP contribution is 2.16. The lowest BCUT2D eigenvalue weighted by Crippen LogP contribution is -2.34. The van der Waals surface area contributed by atoms with E-state index in [2.05, 4.69) is 9.88 Å². The number of amides is 2. The van der Waals surface area contributed by atoms with Crippen molar-refractivity contribution >= 4 is 23.6 Å². The average molecular weight is 461 g/mol. The molecule has 0 aromatic carbocycles. The molecule has 0 saturated carbocycles. The monoisotopic (exact) mass is 460 g/mol. The van der Waals surface area contributed by atoms with E-state index in [1.54, 1.807) is 23.2 Å². The molecule has 0 unspecified atom stereocenters. The summed E-state index contributed by atoms with van der Waals surface area (Å²) in [5, 5.41) is 0. The molecule has 3 rings (SSSR count). The number of furan rings is 1. The van der Waals surface area contributed by atoms with Gasteiger partial charge in [0.25, 0.3) is 5.91 Å². The molecule has 0 aliphatic carbocycles. The summed E-state index contributed by atoms with van der Waals surface area (Å²) in [6.45, 7) is 4.69. The van der Waals surface area contributed by atoms with Gasteiger partial charge in [0.1, 0.15) is 0 Å². The number of hydrogen-bond donors (Lipinski definition) is 1. The lowest BCUT2D eigenvalue weighted by atomic mass is 10.1. The van der Waals surface area contributed by atoms with E-state index in [4.69, 9.17) is 14.9 Å². The van der Waals surface area contributed by atoms with Crippen molar-refractivity contribution in [3.8, 4) is 5.88 Å². The van der Waals surface area contributed by atoms with E-state index in [-0.39, 0.29) is 17.6 Å². The third-order valence-corrected chi connectivity index (χ3v) is 6.21. The van der Waals surface area contributed by atoms with Crippen LogP contribution in [0.25, 0.3) is 0 Å². The first kappa shape index (κ1) is 24.1. The number of nitrogens with zero attached hydrogens (tertiary/aromatic N) is 3. The quantitative estimate of drug-likeness (QED) is 0.459. The number of hydrogen-bond acceptors (Lipinski definition) is 7. The van der Waals surface area contributed by atoms with Crippen LogP contribution in [0.3, 0.4) is 0 Å². The third-order valence-electron chi connectivity index (χ3n) is 5.25. The molecule has 2 N–H and O–H groups in total. The Hall–Kier alpha value is -2.52. The molecule has 0 spiro atoms. The molecule has 8 nitrogen and oxygen atoms in total. The molecule has 0 bridgehead atoms. The molecule has 1 saturated heterocycles. The second-order valence-corrected chi connectivity index (χ2v) is 8.93. The Kier molecular flexibility index (Phi) is 9.90.